The van der Waals surface area contributed by atoms with Gasteiger partial charge in [-0.3, -0.25) is 9.59 Å². The van der Waals surface area contributed by atoms with Crippen LogP contribution in [0, 0.1) is 5.92 Å². The van der Waals surface area contributed by atoms with Crippen molar-refractivity contribution in [3.05, 3.63) is 29.8 Å². The van der Waals surface area contributed by atoms with Crippen LogP contribution in [0.4, 0.5) is 0 Å². The van der Waals surface area contributed by atoms with Crippen molar-refractivity contribution in [2.45, 2.75) is 51.5 Å². The van der Waals surface area contributed by atoms with Crippen molar-refractivity contribution < 1.29 is 22.9 Å². The number of amides is 1. The number of carbonyl (C=O) groups excluding carboxylic acids is 2. The summed E-state index contributed by atoms with van der Waals surface area (Å²) in [4.78, 5) is 24.9. The van der Waals surface area contributed by atoms with Crippen molar-refractivity contribution in [1.29, 1.82) is 0 Å². The lowest BCUT2D eigenvalue weighted by Crippen LogP contribution is -3.15. The van der Waals surface area contributed by atoms with E-state index in [0.717, 1.165) is 17.7 Å². The highest BCUT2D eigenvalue weighted by molar-refractivity contribution is 7.89. The van der Waals surface area contributed by atoms with Crippen LogP contribution in [0.5, 0.6) is 0 Å². The summed E-state index contributed by atoms with van der Waals surface area (Å²) in [6, 6.07) is 6.21. The normalized spacial score (nSPS) is 17.3. The number of piperazine rings is 1. The molecule has 1 aliphatic rings. The summed E-state index contributed by atoms with van der Waals surface area (Å²) in [5.74, 6) is 0.545. The van der Waals surface area contributed by atoms with Crippen LogP contribution < -0.4 is 10.2 Å². The van der Waals surface area contributed by atoms with Crippen LogP contribution in [0.1, 0.15) is 50.9 Å². The molecule has 162 valence electrons. The minimum absolute atomic E-state index is 0.0207. The van der Waals surface area contributed by atoms with Crippen LogP contribution in [0.2, 0.25) is 0 Å². The Morgan fingerprint density at radius 2 is 1.66 bits per heavy atom. The monoisotopic (exact) mass is 424 g/mol. The average Bonchev–Trinajstić information content (AvgIpc) is 2.66. The molecule has 1 aromatic rings. The van der Waals surface area contributed by atoms with E-state index in [9.17, 15) is 18.0 Å². The largest absolute Gasteiger partial charge is 0.349 e. The topological polar surface area (TPSA) is 88.0 Å². The van der Waals surface area contributed by atoms with Crippen molar-refractivity contribution in [1.82, 2.24) is 9.62 Å². The van der Waals surface area contributed by atoms with E-state index in [1.807, 2.05) is 6.92 Å². The van der Waals surface area contributed by atoms with Gasteiger partial charge in [-0.25, -0.2) is 8.42 Å². The molecular formula is C21H34N3O4S+. The molecule has 0 aliphatic carbocycles. The van der Waals surface area contributed by atoms with E-state index in [2.05, 4.69) is 19.2 Å². The number of nitrogens with zero attached hydrogens (tertiary/aromatic N) is 1. The molecule has 1 fully saturated rings. The van der Waals surface area contributed by atoms with E-state index < -0.39 is 10.0 Å². The molecule has 1 atom stereocenters. The first-order valence-corrected chi connectivity index (χ1v) is 11.8. The number of Topliss-reactive ketones (excluding diaryl/α,β-unsaturated/α-hetero) is 1. The molecule has 0 radical (unpaired) electrons. The first-order chi connectivity index (χ1) is 13.6. The Labute approximate surface area is 174 Å². The summed E-state index contributed by atoms with van der Waals surface area (Å²) in [7, 11) is -3.58. The SMILES string of the molecule is CC(=O)c1ccc(S(=O)(=O)N2CC[NH+](CC(=O)N[C@@H](C)CCC(C)C)CC2)cc1. The Morgan fingerprint density at radius 3 is 2.17 bits per heavy atom. The number of ketones is 1. The lowest BCUT2D eigenvalue weighted by Gasteiger charge is -2.31. The van der Waals surface area contributed by atoms with Crippen LogP contribution in [-0.4, -0.2) is 63.2 Å². The van der Waals surface area contributed by atoms with Gasteiger partial charge < -0.3 is 10.2 Å². The highest BCUT2D eigenvalue weighted by Gasteiger charge is 2.31. The van der Waals surface area contributed by atoms with E-state index in [1.54, 1.807) is 12.1 Å². The smallest absolute Gasteiger partial charge is 0.275 e. The molecule has 1 aromatic carbocycles. The lowest BCUT2D eigenvalue weighted by molar-refractivity contribution is -0.895. The van der Waals surface area contributed by atoms with Gasteiger partial charge in [0.25, 0.3) is 5.91 Å². The van der Waals surface area contributed by atoms with E-state index in [-0.39, 0.29) is 22.6 Å². The zero-order valence-corrected chi connectivity index (χ0v) is 18.7. The summed E-state index contributed by atoms with van der Waals surface area (Å²) in [6.07, 6.45) is 2.05. The Hall–Kier alpha value is -1.77. The molecule has 2 rings (SSSR count). The predicted molar refractivity (Wildman–Crippen MR) is 112 cm³/mol. The van der Waals surface area contributed by atoms with E-state index >= 15 is 0 Å². The fourth-order valence-electron chi connectivity index (χ4n) is 3.44. The average molecular weight is 425 g/mol. The van der Waals surface area contributed by atoms with E-state index in [1.165, 1.54) is 23.4 Å². The van der Waals surface area contributed by atoms with Crippen LogP contribution in [0.25, 0.3) is 0 Å². The number of hydrogen-bond donors (Lipinski definition) is 2. The Bertz CT molecular complexity index is 798. The van der Waals surface area contributed by atoms with Crippen LogP contribution >= 0.6 is 0 Å². The van der Waals surface area contributed by atoms with Gasteiger partial charge in [0.2, 0.25) is 10.0 Å². The predicted octanol–water partition coefficient (Wildman–Crippen LogP) is 0.719. The number of quaternary nitrogens is 1. The maximum atomic E-state index is 12.8. The summed E-state index contributed by atoms with van der Waals surface area (Å²) in [5, 5.41) is 3.05. The minimum atomic E-state index is -3.58. The Kier molecular flexibility index (Phi) is 8.36. The van der Waals surface area contributed by atoms with Crippen LogP contribution in [0.15, 0.2) is 29.2 Å². The van der Waals surface area contributed by atoms with E-state index in [4.69, 9.17) is 0 Å². The second-order valence-electron chi connectivity index (χ2n) is 8.35. The third kappa shape index (κ3) is 6.90. The molecule has 2 N–H and O–H groups in total. The Morgan fingerprint density at radius 1 is 1.07 bits per heavy atom. The molecule has 0 aromatic heterocycles. The van der Waals surface area contributed by atoms with Crippen LogP contribution in [-0.2, 0) is 14.8 Å². The van der Waals surface area contributed by atoms with Crippen molar-refractivity contribution in [2.24, 2.45) is 5.92 Å². The molecule has 0 spiro atoms. The highest BCUT2D eigenvalue weighted by Crippen LogP contribution is 2.16. The van der Waals surface area contributed by atoms with Crippen molar-refractivity contribution in [2.75, 3.05) is 32.7 Å². The molecule has 0 unspecified atom stereocenters. The van der Waals surface area contributed by atoms with Crippen LogP contribution in [0.3, 0.4) is 0 Å². The molecule has 29 heavy (non-hydrogen) atoms. The summed E-state index contributed by atoms with van der Waals surface area (Å²) in [6.45, 7) is 10.1. The molecule has 1 aliphatic heterocycles. The Balaban J connectivity index is 1.84. The van der Waals surface area contributed by atoms with Gasteiger partial charge in [-0.15, -0.1) is 0 Å². The summed E-state index contributed by atoms with van der Waals surface area (Å²) >= 11 is 0. The summed E-state index contributed by atoms with van der Waals surface area (Å²) in [5.41, 5.74) is 0.492. The van der Waals surface area contributed by atoms with Crippen molar-refractivity contribution >= 4 is 21.7 Å². The maximum absolute atomic E-state index is 12.8. The number of benzene rings is 1. The molecule has 1 saturated heterocycles. The zero-order valence-electron chi connectivity index (χ0n) is 17.9. The van der Waals surface area contributed by atoms with Gasteiger partial charge in [-0.1, -0.05) is 26.0 Å². The molecule has 7 nitrogen and oxygen atoms in total. The van der Waals surface area contributed by atoms with E-state index in [0.29, 0.717) is 44.2 Å². The third-order valence-electron chi connectivity index (χ3n) is 5.32. The standard InChI is InChI=1S/C21H33N3O4S/c1-16(2)5-6-17(3)22-21(26)15-23-11-13-24(14-12-23)29(27,28)20-9-7-19(8-10-20)18(4)25/h7-10,16-17H,5-6,11-15H2,1-4H3,(H,22,26)/p+1/t17-/m0/s1. The molecule has 1 amide bonds. The zero-order chi connectivity index (χ0) is 21.6. The molecule has 8 heteroatoms. The number of nitrogens with one attached hydrogen (secondary N) is 2. The third-order valence-corrected chi connectivity index (χ3v) is 7.24. The number of sulfonamides is 1. The van der Waals surface area contributed by atoms with Gasteiger partial charge in [0.1, 0.15) is 0 Å². The number of hydrogen-bond acceptors (Lipinski definition) is 4. The minimum Gasteiger partial charge on any atom is -0.349 e. The first-order valence-electron chi connectivity index (χ1n) is 10.3. The number of rotatable bonds is 9. The molecular weight excluding hydrogens is 390 g/mol. The maximum Gasteiger partial charge on any atom is 0.275 e. The van der Waals surface area contributed by atoms with Gasteiger partial charge in [0.05, 0.1) is 31.1 Å². The lowest BCUT2D eigenvalue weighted by atomic mass is 10.0. The molecule has 1 heterocycles. The van der Waals surface area contributed by atoms with Crippen molar-refractivity contribution in [3.63, 3.8) is 0 Å². The quantitative estimate of drug-likeness (QED) is 0.572. The summed E-state index contributed by atoms with van der Waals surface area (Å²) < 4.78 is 27.1. The van der Waals surface area contributed by atoms with Gasteiger partial charge in [-0.05, 0) is 44.7 Å². The fraction of sp³-hybridized carbons (Fsp3) is 0.619. The van der Waals surface area contributed by atoms with Gasteiger partial charge in [0.15, 0.2) is 12.3 Å². The second-order valence-corrected chi connectivity index (χ2v) is 10.3. The second kappa shape index (κ2) is 10.3. The first kappa shape index (κ1) is 23.5. The fourth-order valence-corrected chi connectivity index (χ4v) is 4.88. The van der Waals surface area contributed by atoms with Gasteiger partial charge in [0, 0.05) is 11.6 Å². The van der Waals surface area contributed by atoms with Gasteiger partial charge >= 0.3 is 0 Å². The number of carbonyl (C=O) groups is 2. The highest BCUT2D eigenvalue weighted by atomic mass is 32.2. The van der Waals surface area contributed by atoms with Gasteiger partial charge in [-0.2, -0.15) is 4.31 Å². The molecule has 0 saturated carbocycles. The molecule has 0 bridgehead atoms. The van der Waals surface area contributed by atoms with Crippen molar-refractivity contribution in [3.8, 4) is 0 Å².